The Morgan fingerprint density at radius 3 is 2.77 bits per heavy atom. The molecule has 2 aliphatic rings. The normalized spacial score (nSPS) is 22.5. The molecule has 1 amide bonds. The molecule has 162 valence electrons. The largest absolute Gasteiger partial charge is 0.385 e. The van der Waals surface area contributed by atoms with E-state index in [2.05, 4.69) is 52.6 Å². The van der Waals surface area contributed by atoms with Crippen LogP contribution in [0.1, 0.15) is 55.6 Å². The number of para-hydroxylation sites is 1. The zero-order chi connectivity index (χ0) is 21.1. The number of amides is 1. The molecule has 1 N–H and O–H groups in total. The molecule has 1 aromatic carbocycles. The Morgan fingerprint density at radius 2 is 2.00 bits per heavy atom. The zero-order valence-electron chi connectivity index (χ0n) is 18.4. The molecule has 2 aromatic rings. The Morgan fingerprint density at radius 1 is 1.20 bits per heavy atom. The molecule has 1 aromatic heterocycles. The Hall–Kier alpha value is -2.41. The van der Waals surface area contributed by atoms with E-state index >= 15 is 0 Å². The van der Waals surface area contributed by atoms with Gasteiger partial charge in [-0.3, -0.25) is 14.4 Å². The van der Waals surface area contributed by atoms with Crippen LogP contribution in [0.15, 0.2) is 30.5 Å². The number of fused-ring (bicyclic) bond motifs is 3. The summed E-state index contributed by atoms with van der Waals surface area (Å²) in [5.41, 5.74) is 2.70. The van der Waals surface area contributed by atoms with E-state index in [9.17, 15) is 4.79 Å². The van der Waals surface area contributed by atoms with Gasteiger partial charge in [0.2, 0.25) is 0 Å². The van der Waals surface area contributed by atoms with Crippen LogP contribution in [0, 0.1) is 5.92 Å². The highest BCUT2D eigenvalue weighted by molar-refractivity contribution is 5.92. The average Bonchev–Trinajstić information content (AvgIpc) is 3.31. The van der Waals surface area contributed by atoms with Crippen molar-refractivity contribution in [2.75, 3.05) is 25.0 Å². The summed E-state index contributed by atoms with van der Waals surface area (Å²) in [4.78, 5) is 18.0. The Kier molecular flexibility index (Phi) is 6.37. The first-order valence-corrected chi connectivity index (χ1v) is 11.2. The lowest BCUT2D eigenvalue weighted by atomic mass is 10.1. The highest BCUT2D eigenvalue weighted by Gasteiger charge is 2.35. The maximum absolute atomic E-state index is 13.4. The fourth-order valence-corrected chi connectivity index (χ4v) is 4.78. The first-order chi connectivity index (χ1) is 14.5. The summed E-state index contributed by atoms with van der Waals surface area (Å²) in [7, 11) is 1.80. The van der Waals surface area contributed by atoms with Crippen molar-refractivity contribution in [3.8, 4) is 0 Å². The van der Waals surface area contributed by atoms with Crippen molar-refractivity contribution in [2.45, 2.75) is 58.2 Å². The minimum atomic E-state index is -0.0376. The van der Waals surface area contributed by atoms with Crippen LogP contribution in [-0.2, 0) is 13.6 Å². The van der Waals surface area contributed by atoms with Crippen molar-refractivity contribution in [1.82, 2.24) is 24.8 Å². The number of aromatic nitrogens is 3. The van der Waals surface area contributed by atoms with Crippen LogP contribution in [0.5, 0.6) is 0 Å². The number of carbonyl (C=O) groups excluding carboxylic acids is 1. The first kappa shape index (κ1) is 20.8. The molecule has 7 heteroatoms. The van der Waals surface area contributed by atoms with E-state index in [0.29, 0.717) is 30.2 Å². The maximum Gasteiger partial charge on any atom is 0.276 e. The van der Waals surface area contributed by atoms with Crippen LogP contribution in [-0.4, -0.2) is 62.4 Å². The monoisotopic (exact) mass is 410 g/mol. The van der Waals surface area contributed by atoms with Gasteiger partial charge < -0.3 is 10.2 Å². The summed E-state index contributed by atoms with van der Waals surface area (Å²) in [6.45, 7) is 7.96. The van der Waals surface area contributed by atoms with Gasteiger partial charge in [0.05, 0.1) is 6.20 Å². The first-order valence-electron chi connectivity index (χ1n) is 11.2. The molecule has 0 unspecified atom stereocenters. The zero-order valence-corrected chi connectivity index (χ0v) is 18.4. The minimum absolute atomic E-state index is 0.0376. The van der Waals surface area contributed by atoms with E-state index in [1.807, 2.05) is 11.0 Å². The number of nitrogens with one attached hydrogen (secondary N) is 1. The van der Waals surface area contributed by atoms with Gasteiger partial charge in [0.1, 0.15) is 0 Å². The number of aryl methyl sites for hydroxylation is 1. The van der Waals surface area contributed by atoms with Crippen LogP contribution in [0.2, 0.25) is 0 Å². The summed E-state index contributed by atoms with van der Waals surface area (Å²) in [5.74, 6) is 0.645. The predicted molar refractivity (Wildman–Crippen MR) is 118 cm³/mol. The lowest BCUT2D eigenvalue weighted by molar-refractivity contribution is 0.0660. The number of hydrogen-bond donors (Lipinski definition) is 1. The van der Waals surface area contributed by atoms with Crippen molar-refractivity contribution >= 4 is 11.6 Å². The molecule has 1 fully saturated rings. The second-order valence-corrected chi connectivity index (χ2v) is 9.14. The Bertz CT molecular complexity index is 863. The average molecular weight is 411 g/mol. The van der Waals surface area contributed by atoms with Gasteiger partial charge in [-0.05, 0) is 49.8 Å². The standard InChI is InChI=1S/C23H34N6O/c1-17(2)11-13-29-19-8-9-20(29)15-28(23(30)22-16-27(3)26-25-22)14-18-6-4-5-7-21(18)24-12-10-19/h4-7,16-17,19-20,24H,8-15H2,1-3H3/t19-,20+/m1/s1. The smallest absolute Gasteiger partial charge is 0.276 e. The number of hydrogen-bond acceptors (Lipinski definition) is 5. The molecular formula is C23H34N6O. The van der Waals surface area contributed by atoms with Crippen LogP contribution in [0.3, 0.4) is 0 Å². The van der Waals surface area contributed by atoms with Crippen LogP contribution >= 0.6 is 0 Å². The molecule has 0 saturated carbocycles. The maximum atomic E-state index is 13.4. The van der Waals surface area contributed by atoms with E-state index in [0.717, 1.165) is 43.7 Å². The molecule has 2 aliphatic heterocycles. The fourth-order valence-electron chi connectivity index (χ4n) is 4.78. The highest BCUT2D eigenvalue weighted by atomic mass is 16.2. The molecule has 0 spiro atoms. The molecule has 3 heterocycles. The molecule has 2 atom stereocenters. The summed E-state index contributed by atoms with van der Waals surface area (Å²) in [5, 5.41) is 11.7. The third-order valence-electron chi connectivity index (χ3n) is 6.45. The molecule has 2 bridgehead atoms. The molecule has 0 aliphatic carbocycles. The van der Waals surface area contributed by atoms with E-state index in [1.54, 1.807) is 17.9 Å². The second-order valence-electron chi connectivity index (χ2n) is 9.14. The number of anilines is 1. The lowest BCUT2D eigenvalue weighted by Gasteiger charge is -2.34. The molecule has 30 heavy (non-hydrogen) atoms. The van der Waals surface area contributed by atoms with Gasteiger partial charge in [0.15, 0.2) is 5.69 Å². The number of carbonyl (C=O) groups is 1. The van der Waals surface area contributed by atoms with Gasteiger partial charge in [-0.25, -0.2) is 0 Å². The molecule has 7 nitrogen and oxygen atoms in total. The van der Waals surface area contributed by atoms with E-state index < -0.39 is 0 Å². The van der Waals surface area contributed by atoms with Gasteiger partial charge in [-0.15, -0.1) is 5.10 Å². The number of nitrogens with zero attached hydrogens (tertiary/aromatic N) is 5. The van der Waals surface area contributed by atoms with E-state index in [4.69, 9.17) is 0 Å². The van der Waals surface area contributed by atoms with Gasteiger partial charge in [-0.2, -0.15) is 0 Å². The predicted octanol–water partition coefficient (Wildman–Crippen LogP) is 3.15. The van der Waals surface area contributed by atoms with Gasteiger partial charge >= 0.3 is 0 Å². The van der Waals surface area contributed by atoms with E-state index in [1.165, 1.54) is 12.8 Å². The Labute approximate surface area is 179 Å². The molecule has 1 saturated heterocycles. The van der Waals surface area contributed by atoms with Gasteiger partial charge in [0, 0.05) is 44.5 Å². The van der Waals surface area contributed by atoms with Crippen LogP contribution in [0.4, 0.5) is 5.69 Å². The van der Waals surface area contributed by atoms with Crippen LogP contribution in [0.25, 0.3) is 0 Å². The van der Waals surface area contributed by atoms with Gasteiger partial charge in [-0.1, -0.05) is 37.3 Å². The molecular weight excluding hydrogens is 376 g/mol. The van der Waals surface area contributed by atoms with Gasteiger partial charge in [0.25, 0.3) is 5.91 Å². The summed E-state index contributed by atoms with van der Waals surface area (Å²) in [6, 6.07) is 9.33. The third kappa shape index (κ3) is 4.67. The molecule has 4 rings (SSSR count). The van der Waals surface area contributed by atoms with Crippen molar-refractivity contribution in [1.29, 1.82) is 0 Å². The van der Waals surface area contributed by atoms with Crippen molar-refractivity contribution in [3.05, 3.63) is 41.7 Å². The van der Waals surface area contributed by atoms with Crippen molar-refractivity contribution < 1.29 is 4.79 Å². The number of rotatable bonds is 4. The van der Waals surface area contributed by atoms with E-state index in [-0.39, 0.29) is 5.91 Å². The fraction of sp³-hybridized carbons (Fsp3) is 0.609. The summed E-state index contributed by atoms with van der Waals surface area (Å²) < 4.78 is 1.59. The SMILES string of the molecule is CC(C)CCN1[C@H]2CCNc3ccccc3CN(C(=O)c3cn(C)nn3)C[C@@H]1CC2. The quantitative estimate of drug-likeness (QED) is 0.839. The van der Waals surface area contributed by atoms with Crippen molar-refractivity contribution in [2.24, 2.45) is 13.0 Å². The molecule has 0 radical (unpaired) electrons. The lowest BCUT2D eigenvalue weighted by Crippen LogP contribution is -2.45. The summed E-state index contributed by atoms with van der Waals surface area (Å²) in [6.07, 6.45) is 6.40. The van der Waals surface area contributed by atoms with Crippen molar-refractivity contribution in [3.63, 3.8) is 0 Å². The summed E-state index contributed by atoms with van der Waals surface area (Å²) >= 11 is 0. The highest BCUT2D eigenvalue weighted by Crippen LogP contribution is 2.30. The number of benzene rings is 1. The second kappa shape index (κ2) is 9.16. The van der Waals surface area contributed by atoms with Crippen LogP contribution < -0.4 is 5.32 Å². The topological polar surface area (TPSA) is 66.3 Å². The minimum Gasteiger partial charge on any atom is -0.385 e. The third-order valence-corrected chi connectivity index (χ3v) is 6.45. The Balaban J connectivity index is 1.63.